The van der Waals surface area contributed by atoms with Gasteiger partial charge in [-0.1, -0.05) is 25.1 Å². The van der Waals surface area contributed by atoms with Crippen LogP contribution < -0.4 is 5.32 Å². The molecule has 3 rings (SSSR count). The van der Waals surface area contributed by atoms with E-state index in [-0.39, 0.29) is 0 Å². The number of aromatic nitrogens is 1. The Labute approximate surface area is 132 Å². The van der Waals surface area contributed by atoms with E-state index in [1.54, 1.807) is 0 Å². The summed E-state index contributed by atoms with van der Waals surface area (Å²) in [5.74, 6) is 1.80. The minimum Gasteiger partial charge on any atom is -0.357 e. The zero-order valence-corrected chi connectivity index (χ0v) is 13.6. The number of hydrogen-bond donors (Lipinski definition) is 2. The van der Waals surface area contributed by atoms with E-state index in [1.165, 1.54) is 29.4 Å². The lowest BCUT2D eigenvalue weighted by Crippen LogP contribution is -2.46. The molecule has 0 saturated carbocycles. The predicted octanol–water partition coefficient (Wildman–Crippen LogP) is 3.37. The Morgan fingerprint density at radius 1 is 1.41 bits per heavy atom. The largest absolute Gasteiger partial charge is 0.357 e. The summed E-state index contributed by atoms with van der Waals surface area (Å²) in [6, 6.07) is 10.6. The smallest absolute Gasteiger partial charge is 0.194 e. The highest BCUT2D eigenvalue weighted by molar-refractivity contribution is 5.81. The van der Waals surface area contributed by atoms with E-state index in [0.29, 0.717) is 6.54 Å². The number of fused-ring (bicyclic) bond motifs is 1. The highest BCUT2D eigenvalue weighted by Crippen LogP contribution is 2.17. The molecule has 0 spiro atoms. The van der Waals surface area contributed by atoms with Gasteiger partial charge < -0.3 is 15.2 Å². The minimum atomic E-state index is 0.696. The summed E-state index contributed by atoms with van der Waals surface area (Å²) in [6.45, 7) is 8.29. The first kappa shape index (κ1) is 14.9. The van der Waals surface area contributed by atoms with Crippen LogP contribution in [0.25, 0.3) is 10.9 Å². The van der Waals surface area contributed by atoms with Gasteiger partial charge in [0.15, 0.2) is 5.96 Å². The summed E-state index contributed by atoms with van der Waals surface area (Å²) in [7, 11) is 0. The molecule has 1 aromatic heterocycles. The van der Waals surface area contributed by atoms with Gasteiger partial charge in [-0.25, -0.2) is 4.99 Å². The lowest BCUT2D eigenvalue weighted by molar-refractivity contribution is 0.266. The standard InChI is InChI=1S/C18H26N4/c1-3-19-18(22-10-6-7-14(2)13-22)20-12-16-11-15-8-4-5-9-17(15)21-16/h4-5,8-9,11,14,21H,3,6-7,10,12-13H2,1-2H3,(H,19,20). The first-order chi connectivity index (χ1) is 10.8. The van der Waals surface area contributed by atoms with Crippen LogP contribution in [0.1, 0.15) is 32.4 Å². The van der Waals surface area contributed by atoms with Gasteiger partial charge in [0.2, 0.25) is 0 Å². The summed E-state index contributed by atoms with van der Waals surface area (Å²) in [5.41, 5.74) is 2.35. The van der Waals surface area contributed by atoms with Crippen LogP contribution in [0, 0.1) is 5.92 Å². The molecule has 0 bridgehead atoms. The molecule has 1 unspecified atom stereocenters. The van der Waals surface area contributed by atoms with Gasteiger partial charge in [-0.3, -0.25) is 0 Å². The number of aromatic amines is 1. The molecule has 1 aliphatic rings. The Kier molecular flexibility index (Phi) is 4.66. The Balaban J connectivity index is 1.74. The van der Waals surface area contributed by atoms with Crippen LogP contribution in [0.2, 0.25) is 0 Å². The van der Waals surface area contributed by atoms with Crippen molar-refractivity contribution in [3.05, 3.63) is 36.0 Å². The van der Waals surface area contributed by atoms with Crippen molar-refractivity contribution in [3.63, 3.8) is 0 Å². The number of hydrogen-bond acceptors (Lipinski definition) is 1. The lowest BCUT2D eigenvalue weighted by atomic mass is 10.0. The van der Waals surface area contributed by atoms with Gasteiger partial charge in [0.05, 0.1) is 6.54 Å². The highest BCUT2D eigenvalue weighted by Gasteiger charge is 2.19. The number of para-hydroxylation sites is 1. The fraction of sp³-hybridized carbons (Fsp3) is 0.500. The minimum absolute atomic E-state index is 0.696. The lowest BCUT2D eigenvalue weighted by Gasteiger charge is -2.33. The molecular formula is C18H26N4. The van der Waals surface area contributed by atoms with Crippen LogP contribution in [0.5, 0.6) is 0 Å². The summed E-state index contributed by atoms with van der Waals surface area (Å²) in [4.78, 5) is 10.7. The molecule has 118 valence electrons. The van der Waals surface area contributed by atoms with E-state index < -0.39 is 0 Å². The number of aliphatic imine (C=N–C) groups is 1. The van der Waals surface area contributed by atoms with Gasteiger partial charge in [0.1, 0.15) is 0 Å². The van der Waals surface area contributed by atoms with Crippen molar-refractivity contribution in [2.75, 3.05) is 19.6 Å². The average molecular weight is 298 g/mol. The van der Waals surface area contributed by atoms with Crippen molar-refractivity contribution in [1.82, 2.24) is 15.2 Å². The second-order valence-corrected chi connectivity index (χ2v) is 6.25. The maximum absolute atomic E-state index is 4.84. The van der Waals surface area contributed by atoms with Crippen LogP contribution in [0.4, 0.5) is 0 Å². The predicted molar refractivity (Wildman–Crippen MR) is 93.1 cm³/mol. The summed E-state index contributed by atoms with van der Waals surface area (Å²) in [6.07, 6.45) is 2.59. The van der Waals surface area contributed by atoms with Crippen LogP contribution >= 0.6 is 0 Å². The first-order valence-corrected chi connectivity index (χ1v) is 8.36. The normalized spacial score (nSPS) is 19.6. The number of guanidine groups is 1. The van der Waals surface area contributed by atoms with Crippen molar-refractivity contribution in [2.24, 2.45) is 10.9 Å². The molecule has 1 atom stereocenters. The number of rotatable bonds is 3. The third-order valence-electron chi connectivity index (χ3n) is 4.28. The maximum atomic E-state index is 4.84. The molecule has 2 N–H and O–H groups in total. The van der Waals surface area contributed by atoms with Crippen LogP contribution in [-0.4, -0.2) is 35.5 Å². The van der Waals surface area contributed by atoms with Crippen molar-refractivity contribution < 1.29 is 0 Å². The zero-order chi connectivity index (χ0) is 15.4. The number of piperidine rings is 1. The molecule has 1 saturated heterocycles. The van der Waals surface area contributed by atoms with Crippen LogP contribution in [0.3, 0.4) is 0 Å². The molecule has 1 aromatic carbocycles. The first-order valence-electron chi connectivity index (χ1n) is 8.36. The molecule has 1 aliphatic heterocycles. The molecular weight excluding hydrogens is 272 g/mol. The molecule has 4 nitrogen and oxygen atoms in total. The quantitative estimate of drug-likeness (QED) is 0.674. The summed E-state index contributed by atoms with van der Waals surface area (Å²) >= 11 is 0. The third kappa shape index (κ3) is 3.43. The Hall–Kier alpha value is -1.97. The van der Waals surface area contributed by atoms with Crippen molar-refractivity contribution in [1.29, 1.82) is 0 Å². The van der Waals surface area contributed by atoms with Gasteiger partial charge in [0.25, 0.3) is 0 Å². The van der Waals surface area contributed by atoms with Gasteiger partial charge >= 0.3 is 0 Å². The molecule has 0 amide bonds. The fourth-order valence-corrected chi connectivity index (χ4v) is 3.19. The number of benzene rings is 1. The van der Waals surface area contributed by atoms with E-state index >= 15 is 0 Å². The highest BCUT2D eigenvalue weighted by atomic mass is 15.3. The fourth-order valence-electron chi connectivity index (χ4n) is 3.19. The van der Waals surface area contributed by atoms with E-state index in [4.69, 9.17) is 4.99 Å². The number of likely N-dealkylation sites (tertiary alicyclic amines) is 1. The maximum Gasteiger partial charge on any atom is 0.194 e. The molecule has 0 aliphatic carbocycles. The molecule has 22 heavy (non-hydrogen) atoms. The topological polar surface area (TPSA) is 43.4 Å². The van der Waals surface area contributed by atoms with Gasteiger partial charge in [-0.2, -0.15) is 0 Å². The number of nitrogens with one attached hydrogen (secondary N) is 2. The van der Waals surface area contributed by atoms with E-state index in [9.17, 15) is 0 Å². The second kappa shape index (κ2) is 6.86. The number of H-pyrrole nitrogens is 1. The summed E-state index contributed by atoms with van der Waals surface area (Å²) in [5, 5.41) is 4.69. The van der Waals surface area contributed by atoms with E-state index in [1.807, 2.05) is 0 Å². The van der Waals surface area contributed by atoms with E-state index in [0.717, 1.165) is 31.5 Å². The number of nitrogens with zero attached hydrogens (tertiary/aromatic N) is 2. The van der Waals surface area contributed by atoms with Gasteiger partial charge in [-0.05, 0) is 43.2 Å². The summed E-state index contributed by atoms with van der Waals surface area (Å²) < 4.78 is 0. The molecule has 1 fully saturated rings. The van der Waals surface area contributed by atoms with Crippen LogP contribution in [0.15, 0.2) is 35.3 Å². The van der Waals surface area contributed by atoms with Crippen LogP contribution in [-0.2, 0) is 6.54 Å². The molecule has 0 radical (unpaired) electrons. The van der Waals surface area contributed by atoms with Crippen molar-refractivity contribution >= 4 is 16.9 Å². The second-order valence-electron chi connectivity index (χ2n) is 6.25. The Bertz CT molecular complexity index is 610. The van der Waals surface area contributed by atoms with Crippen molar-refractivity contribution in [2.45, 2.75) is 33.2 Å². The molecule has 4 heteroatoms. The molecule has 2 heterocycles. The Morgan fingerprint density at radius 3 is 3.05 bits per heavy atom. The van der Waals surface area contributed by atoms with Crippen molar-refractivity contribution in [3.8, 4) is 0 Å². The molecule has 2 aromatic rings. The zero-order valence-electron chi connectivity index (χ0n) is 13.6. The monoisotopic (exact) mass is 298 g/mol. The van der Waals surface area contributed by atoms with Gasteiger partial charge in [-0.15, -0.1) is 0 Å². The van der Waals surface area contributed by atoms with Gasteiger partial charge in [0, 0.05) is 30.8 Å². The Morgan fingerprint density at radius 2 is 2.27 bits per heavy atom. The average Bonchev–Trinajstić information content (AvgIpc) is 2.94. The third-order valence-corrected chi connectivity index (χ3v) is 4.28. The van der Waals surface area contributed by atoms with E-state index in [2.05, 4.69) is 59.4 Å². The SMILES string of the molecule is CCNC(=NCc1cc2ccccc2[nH]1)N1CCCC(C)C1.